The largest absolute Gasteiger partial charge is 0.416 e. The Hall–Kier alpha value is -3.48. The van der Waals surface area contributed by atoms with Crippen LogP contribution in [0.25, 0.3) is 0 Å². The average molecular weight is 552 g/mol. The van der Waals surface area contributed by atoms with E-state index in [0.717, 1.165) is 23.3 Å². The van der Waals surface area contributed by atoms with Gasteiger partial charge >= 0.3 is 6.18 Å². The van der Waals surface area contributed by atoms with Crippen molar-refractivity contribution in [2.24, 2.45) is 0 Å². The third kappa shape index (κ3) is 7.09. The second-order valence-corrected chi connectivity index (χ2v) is 11.0. The summed E-state index contributed by atoms with van der Waals surface area (Å²) < 4.78 is 63.9. The number of likely N-dealkylation sites (N-methyl/N-ethyl adjacent to an activating group) is 1. The lowest BCUT2D eigenvalue weighted by Crippen LogP contribution is -2.35. The first kappa shape index (κ1) is 29.1. The molecule has 12 heteroatoms. The fraction of sp³-hybridized carbons (Fsp3) is 0.308. The van der Waals surface area contributed by atoms with Crippen molar-refractivity contribution in [2.75, 3.05) is 31.4 Å². The van der Waals surface area contributed by atoms with Crippen molar-refractivity contribution in [1.82, 2.24) is 9.88 Å². The van der Waals surface area contributed by atoms with Crippen LogP contribution in [0.3, 0.4) is 0 Å². The highest BCUT2D eigenvalue weighted by Crippen LogP contribution is 2.32. The number of aliphatic hydroxyl groups excluding tert-OH is 1. The van der Waals surface area contributed by atoms with E-state index < -0.39 is 33.0 Å². The second kappa shape index (κ2) is 11.5. The number of pyridine rings is 1. The number of carbonyl (C=O) groups excluding carboxylic acids is 1. The van der Waals surface area contributed by atoms with Gasteiger partial charge in [0.25, 0.3) is 11.5 Å². The SMILES string of the molecule is Cc1[nH]c(=O)c(C(=O)N(Cc2ccc(S(C)(=O)=O)cc2)c2cccc(C(F)(F)F)c2)cc1CN(C)CCO. The fourth-order valence-electron chi connectivity index (χ4n) is 3.83. The summed E-state index contributed by atoms with van der Waals surface area (Å²) in [7, 11) is -1.73. The van der Waals surface area contributed by atoms with Gasteiger partial charge in [-0.1, -0.05) is 18.2 Å². The van der Waals surface area contributed by atoms with E-state index in [1.165, 1.54) is 42.5 Å². The third-order valence-electron chi connectivity index (χ3n) is 5.92. The molecule has 1 heterocycles. The number of nitrogens with zero attached hydrogens (tertiary/aromatic N) is 2. The summed E-state index contributed by atoms with van der Waals surface area (Å²) in [6.45, 7) is 2.00. The number of H-pyrrole nitrogens is 1. The summed E-state index contributed by atoms with van der Waals surface area (Å²) in [6.07, 6.45) is -3.62. The van der Waals surface area contributed by atoms with Crippen LogP contribution in [-0.4, -0.2) is 55.8 Å². The number of rotatable bonds is 9. The summed E-state index contributed by atoms with van der Waals surface area (Å²) in [5, 5.41) is 9.18. The van der Waals surface area contributed by atoms with Gasteiger partial charge in [-0.05, 0) is 61.5 Å². The van der Waals surface area contributed by atoms with E-state index in [0.29, 0.717) is 29.9 Å². The molecule has 38 heavy (non-hydrogen) atoms. The van der Waals surface area contributed by atoms with Crippen LogP contribution in [0.5, 0.6) is 0 Å². The molecule has 0 aliphatic rings. The number of sulfone groups is 1. The molecule has 0 aliphatic heterocycles. The molecule has 0 saturated carbocycles. The lowest BCUT2D eigenvalue weighted by Gasteiger charge is -2.24. The Balaban J connectivity index is 2.09. The molecule has 2 aromatic carbocycles. The Morgan fingerprint density at radius 2 is 1.71 bits per heavy atom. The molecule has 0 saturated heterocycles. The van der Waals surface area contributed by atoms with Gasteiger partial charge in [-0.25, -0.2) is 8.42 Å². The molecule has 0 atom stereocenters. The van der Waals surface area contributed by atoms with Crippen LogP contribution in [-0.2, 0) is 29.1 Å². The molecular formula is C26H28F3N3O5S. The number of aryl methyl sites for hydroxylation is 1. The van der Waals surface area contributed by atoms with Crippen molar-refractivity contribution in [1.29, 1.82) is 0 Å². The molecule has 3 aromatic rings. The van der Waals surface area contributed by atoms with Crippen molar-refractivity contribution < 1.29 is 31.5 Å². The van der Waals surface area contributed by atoms with Crippen LogP contribution in [0.2, 0.25) is 0 Å². The average Bonchev–Trinajstić information content (AvgIpc) is 2.83. The van der Waals surface area contributed by atoms with Gasteiger partial charge < -0.3 is 15.0 Å². The van der Waals surface area contributed by atoms with Gasteiger partial charge in [-0.2, -0.15) is 13.2 Å². The van der Waals surface area contributed by atoms with Crippen molar-refractivity contribution in [3.8, 4) is 0 Å². The van der Waals surface area contributed by atoms with Gasteiger partial charge in [0.05, 0.1) is 23.6 Å². The molecule has 1 aromatic heterocycles. The predicted molar refractivity (Wildman–Crippen MR) is 137 cm³/mol. The van der Waals surface area contributed by atoms with Crippen LogP contribution in [0.1, 0.15) is 32.7 Å². The van der Waals surface area contributed by atoms with Crippen molar-refractivity contribution in [3.05, 3.63) is 92.9 Å². The lowest BCUT2D eigenvalue weighted by atomic mass is 10.1. The van der Waals surface area contributed by atoms with Crippen LogP contribution >= 0.6 is 0 Å². The van der Waals surface area contributed by atoms with Crippen molar-refractivity contribution in [3.63, 3.8) is 0 Å². The zero-order chi connectivity index (χ0) is 28.3. The Morgan fingerprint density at radius 1 is 1.05 bits per heavy atom. The Kier molecular flexibility index (Phi) is 8.80. The van der Waals surface area contributed by atoms with E-state index in [1.807, 2.05) is 0 Å². The fourth-order valence-corrected chi connectivity index (χ4v) is 4.46. The highest BCUT2D eigenvalue weighted by atomic mass is 32.2. The van der Waals surface area contributed by atoms with Gasteiger partial charge in [0, 0.05) is 30.7 Å². The highest BCUT2D eigenvalue weighted by Gasteiger charge is 2.32. The van der Waals surface area contributed by atoms with Gasteiger partial charge in [-0.3, -0.25) is 14.5 Å². The summed E-state index contributed by atoms with van der Waals surface area (Å²) >= 11 is 0. The van der Waals surface area contributed by atoms with Crippen molar-refractivity contribution >= 4 is 21.4 Å². The highest BCUT2D eigenvalue weighted by molar-refractivity contribution is 7.90. The zero-order valence-electron chi connectivity index (χ0n) is 21.0. The molecule has 0 fully saturated rings. The summed E-state index contributed by atoms with van der Waals surface area (Å²) in [5.41, 5.74) is -0.475. The molecular weight excluding hydrogens is 523 g/mol. The minimum Gasteiger partial charge on any atom is -0.395 e. The van der Waals surface area contributed by atoms with Crippen LogP contribution in [0, 0.1) is 6.92 Å². The van der Waals surface area contributed by atoms with E-state index in [9.17, 15) is 36.3 Å². The van der Waals surface area contributed by atoms with Crippen molar-refractivity contribution in [2.45, 2.75) is 31.1 Å². The van der Waals surface area contributed by atoms with Gasteiger partial charge in [0.15, 0.2) is 9.84 Å². The number of carbonyl (C=O) groups is 1. The minimum absolute atomic E-state index is 0.0461. The first-order valence-electron chi connectivity index (χ1n) is 11.5. The number of aromatic amines is 1. The van der Waals surface area contributed by atoms with Gasteiger partial charge in [0.1, 0.15) is 5.56 Å². The normalized spacial score (nSPS) is 12.1. The summed E-state index contributed by atoms with van der Waals surface area (Å²) in [6, 6.07) is 11.2. The summed E-state index contributed by atoms with van der Waals surface area (Å²) in [5.74, 6) is -0.830. The molecule has 0 radical (unpaired) electrons. The van der Waals surface area contributed by atoms with E-state index in [1.54, 1.807) is 18.9 Å². The Morgan fingerprint density at radius 3 is 2.29 bits per heavy atom. The first-order valence-corrected chi connectivity index (χ1v) is 13.4. The predicted octanol–water partition coefficient (Wildman–Crippen LogP) is 3.38. The standard InChI is InChI=1S/C26H28F3N3O5S/c1-17-19(16-31(2)11-12-33)13-23(24(34)30-17)25(35)32(21-6-4-5-20(14-21)26(27,28)29)15-18-7-9-22(10-8-18)38(3,36)37/h4-10,13-14,33H,11-12,15-16H2,1-3H3,(H,30,34). The molecule has 8 nitrogen and oxygen atoms in total. The molecule has 0 bridgehead atoms. The zero-order valence-corrected chi connectivity index (χ0v) is 21.9. The molecule has 0 spiro atoms. The number of aromatic nitrogens is 1. The number of hydrogen-bond donors (Lipinski definition) is 2. The molecule has 0 unspecified atom stereocenters. The van der Waals surface area contributed by atoms with Crippen LogP contribution < -0.4 is 10.5 Å². The van der Waals surface area contributed by atoms with Crippen LogP contribution in [0.15, 0.2) is 64.3 Å². The van der Waals surface area contributed by atoms with E-state index in [2.05, 4.69) is 4.98 Å². The number of aliphatic hydroxyl groups is 1. The molecule has 3 rings (SSSR count). The molecule has 204 valence electrons. The molecule has 0 aliphatic carbocycles. The van der Waals surface area contributed by atoms with Gasteiger partial charge in [0.2, 0.25) is 0 Å². The number of anilines is 1. The monoisotopic (exact) mass is 551 g/mol. The minimum atomic E-state index is -4.66. The topological polar surface area (TPSA) is 111 Å². The maximum Gasteiger partial charge on any atom is 0.416 e. The molecule has 2 N–H and O–H groups in total. The Bertz CT molecular complexity index is 1470. The third-order valence-corrected chi connectivity index (χ3v) is 7.05. The van der Waals surface area contributed by atoms with E-state index in [-0.39, 0.29) is 29.3 Å². The number of halogens is 3. The molecule has 1 amide bonds. The maximum absolute atomic E-state index is 13.7. The number of alkyl halides is 3. The van der Waals surface area contributed by atoms with Gasteiger partial charge in [-0.15, -0.1) is 0 Å². The second-order valence-electron chi connectivity index (χ2n) is 8.98. The number of hydrogen-bond acceptors (Lipinski definition) is 6. The van der Waals surface area contributed by atoms with E-state index in [4.69, 9.17) is 0 Å². The number of amides is 1. The first-order chi connectivity index (χ1) is 17.7. The smallest absolute Gasteiger partial charge is 0.395 e. The number of benzene rings is 2. The van der Waals surface area contributed by atoms with E-state index >= 15 is 0 Å². The number of nitrogens with one attached hydrogen (secondary N) is 1. The lowest BCUT2D eigenvalue weighted by molar-refractivity contribution is -0.137. The summed E-state index contributed by atoms with van der Waals surface area (Å²) in [4.78, 5) is 32.0. The maximum atomic E-state index is 13.7. The quantitative estimate of drug-likeness (QED) is 0.422. The Labute approximate surface area is 218 Å². The van der Waals surface area contributed by atoms with Crippen LogP contribution in [0.4, 0.5) is 18.9 Å².